The molecule has 8 heteroatoms. The van der Waals surface area contributed by atoms with E-state index < -0.39 is 17.5 Å². The van der Waals surface area contributed by atoms with Crippen LogP contribution in [0.2, 0.25) is 0 Å². The molecule has 0 spiro atoms. The first-order chi connectivity index (χ1) is 13.5. The minimum absolute atomic E-state index is 0.113. The Bertz CT molecular complexity index is 1000. The molecule has 1 N–H and O–H groups in total. The number of nitrogens with zero attached hydrogens (tertiary/aromatic N) is 1. The third kappa shape index (κ3) is 4.77. The molecule has 0 aliphatic rings. The maximum Gasteiger partial charge on any atom is 0.271 e. The molecular formula is C20H15F3N2O2S. The van der Waals surface area contributed by atoms with Gasteiger partial charge in [-0.05, 0) is 29.8 Å². The predicted octanol–water partition coefficient (Wildman–Crippen LogP) is 4.72. The average Bonchev–Trinajstić information content (AvgIpc) is 3.13. The molecule has 0 aliphatic carbocycles. The fraction of sp³-hybridized carbons (Fsp3) is 0.100. The van der Waals surface area contributed by atoms with Crippen molar-refractivity contribution in [3.8, 4) is 16.3 Å². The van der Waals surface area contributed by atoms with Gasteiger partial charge in [0.1, 0.15) is 40.5 Å². The molecule has 0 aliphatic heterocycles. The predicted molar refractivity (Wildman–Crippen MR) is 101 cm³/mol. The summed E-state index contributed by atoms with van der Waals surface area (Å²) in [5.41, 5.74) is 0.698. The Hall–Kier alpha value is -3.13. The van der Waals surface area contributed by atoms with E-state index in [4.69, 9.17) is 4.74 Å². The van der Waals surface area contributed by atoms with Crippen molar-refractivity contribution < 1.29 is 22.7 Å². The first-order valence-electron chi connectivity index (χ1n) is 8.18. The zero-order chi connectivity index (χ0) is 20.1. The number of carbonyl (C=O) groups excluding carboxylic acids is 1. The second-order valence-corrected chi connectivity index (χ2v) is 6.60. The van der Waals surface area contributed by atoms with E-state index in [1.54, 1.807) is 6.08 Å². The molecule has 1 amide bonds. The Morgan fingerprint density at radius 2 is 1.93 bits per heavy atom. The van der Waals surface area contributed by atoms with Gasteiger partial charge in [-0.3, -0.25) is 4.79 Å². The van der Waals surface area contributed by atoms with Crippen molar-refractivity contribution in [1.82, 2.24) is 10.3 Å². The van der Waals surface area contributed by atoms with E-state index in [0.717, 1.165) is 35.6 Å². The Kier molecular flexibility index (Phi) is 6.10. The molecule has 3 rings (SSSR count). The van der Waals surface area contributed by atoms with Gasteiger partial charge in [-0.25, -0.2) is 18.2 Å². The number of hydrogen-bond acceptors (Lipinski definition) is 4. The van der Waals surface area contributed by atoms with Crippen LogP contribution in [0.15, 0.2) is 54.4 Å². The number of rotatable bonds is 7. The Morgan fingerprint density at radius 3 is 2.61 bits per heavy atom. The highest BCUT2D eigenvalue weighted by Gasteiger charge is 2.14. The normalized spacial score (nSPS) is 10.5. The summed E-state index contributed by atoms with van der Waals surface area (Å²) in [4.78, 5) is 16.0. The van der Waals surface area contributed by atoms with Crippen LogP contribution in [0.4, 0.5) is 13.2 Å². The summed E-state index contributed by atoms with van der Waals surface area (Å²) in [7, 11) is 0. The van der Waals surface area contributed by atoms with E-state index in [1.165, 1.54) is 17.5 Å². The van der Waals surface area contributed by atoms with Crippen molar-refractivity contribution in [2.45, 2.75) is 6.61 Å². The third-order valence-electron chi connectivity index (χ3n) is 3.64. The van der Waals surface area contributed by atoms with Crippen molar-refractivity contribution >= 4 is 17.2 Å². The van der Waals surface area contributed by atoms with E-state index >= 15 is 0 Å². The number of aromatic nitrogens is 1. The summed E-state index contributed by atoms with van der Waals surface area (Å²) in [5.74, 6) is -2.18. The molecular weight excluding hydrogens is 389 g/mol. The van der Waals surface area contributed by atoms with Gasteiger partial charge in [0, 0.05) is 29.6 Å². The molecule has 2 aromatic carbocycles. The van der Waals surface area contributed by atoms with Gasteiger partial charge in [0.15, 0.2) is 0 Å². The molecule has 1 heterocycles. The van der Waals surface area contributed by atoms with Gasteiger partial charge in [0.2, 0.25) is 0 Å². The van der Waals surface area contributed by atoms with E-state index in [-0.39, 0.29) is 35.1 Å². The van der Waals surface area contributed by atoms with Crippen molar-refractivity contribution in [2.24, 2.45) is 0 Å². The fourth-order valence-electron chi connectivity index (χ4n) is 2.38. The van der Waals surface area contributed by atoms with Crippen LogP contribution in [0, 0.1) is 17.5 Å². The molecule has 3 aromatic rings. The molecule has 0 saturated carbocycles. The molecule has 0 atom stereocenters. The topological polar surface area (TPSA) is 51.2 Å². The number of amides is 1. The zero-order valence-electron chi connectivity index (χ0n) is 14.5. The van der Waals surface area contributed by atoms with Crippen LogP contribution >= 0.6 is 11.3 Å². The summed E-state index contributed by atoms with van der Waals surface area (Å²) in [6.07, 6.45) is 1.54. The highest BCUT2D eigenvalue weighted by molar-refractivity contribution is 7.13. The van der Waals surface area contributed by atoms with E-state index in [2.05, 4.69) is 16.9 Å². The SMILES string of the molecule is C=CCNC(=O)c1csc(-c2ccc(OCc3cc(F)cc(F)c3)cc2F)n1. The van der Waals surface area contributed by atoms with Crippen LogP contribution in [0.1, 0.15) is 16.1 Å². The molecule has 0 fully saturated rings. The maximum absolute atomic E-state index is 14.5. The molecule has 4 nitrogen and oxygen atoms in total. The van der Waals surface area contributed by atoms with Gasteiger partial charge < -0.3 is 10.1 Å². The zero-order valence-corrected chi connectivity index (χ0v) is 15.4. The number of ether oxygens (including phenoxy) is 1. The number of benzene rings is 2. The minimum atomic E-state index is -0.711. The Balaban J connectivity index is 1.71. The van der Waals surface area contributed by atoms with Crippen molar-refractivity contribution in [3.63, 3.8) is 0 Å². The lowest BCUT2D eigenvalue weighted by molar-refractivity contribution is 0.0954. The lowest BCUT2D eigenvalue weighted by Gasteiger charge is -2.08. The molecule has 144 valence electrons. The minimum Gasteiger partial charge on any atom is -0.489 e. The highest BCUT2D eigenvalue weighted by atomic mass is 32.1. The standard InChI is InChI=1S/C20H15F3N2O2S/c1-2-5-24-19(26)18-11-28-20(25-18)16-4-3-15(9-17(16)23)27-10-12-6-13(21)8-14(22)7-12/h2-4,6-9,11H,1,5,10H2,(H,24,26). The van der Waals surface area contributed by atoms with Gasteiger partial charge in [-0.1, -0.05) is 6.08 Å². The first kappa shape index (κ1) is 19.6. The summed E-state index contributed by atoms with van der Waals surface area (Å²) >= 11 is 1.14. The summed E-state index contributed by atoms with van der Waals surface area (Å²) in [5, 5.41) is 4.48. The van der Waals surface area contributed by atoms with Crippen LogP contribution < -0.4 is 10.1 Å². The summed E-state index contributed by atoms with van der Waals surface area (Å²) in [6.45, 7) is 3.70. The molecule has 0 unspecified atom stereocenters. The van der Waals surface area contributed by atoms with Gasteiger partial charge in [-0.2, -0.15) is 0 Å². The molecule has 0 saturated heterocycles. The number of carbonyl (C=O) groups is 1. The molecule has 0 radical (unpaired) electrons. The second-order valence-electron chi connectivity index (χ2n) is 5.74. The van der Waals surface area contributed by atoms with Crippen LogP contribution in [0.25, 0.3) is 10.6 Å². The number of thiazole rings is 1. The van der Waals surface area contributed by atoms with E-state index in [9.17, 15) is 18.0 Å². The van der Waals surface area contributed by atoms with E-state index in [0.29, 0.717) is 11.6 Å². The quantitative estimate of drug-likeness (QED) is 0.580. The van der Waals surface area contributed by atoms with Gasteiger partial charge in [0.25, 0.3) is 5.91 Å². The smallest absolute Gasteiger partial charge is 0.271 e. The summed E-state index contributed by atoms with van der Waals surface area (Å²) < 4.78 is 46.2. The van der Waals surface area contributed by atoms with Gasteiger partial charge >= 0.3 is 0 Å². The van der Waals surface area contributed by atoms with Crippen molar-refractivity contribution in [3.05, 3.63) is 83.1 Å². The van der Waals surface area contributed by atoms with Crippen LogP contribution in [0.5, 0.6) is 5.75 Å². The van der Waals surface area contributed by atoms with Crippen LogP contribution in [0.3, 0.4) is 0 Å². The highest BCUT2D eigenvalue weighted by Crippen LogP contribution is 2.29. The maximum atomic E-state index is 14.5. The van der Waals surface area contributed by atoms with Crippen LogP contribution in [-0.4, -0.2) is 17.4 Å². The Morgan fingerprint density at radius 1 is 1.18 bits per heavy atom. The fourth-order valence-corrected chi connectivity index (χ4v) is 3.20. The lowest BCUT2D eigenvalue weighted by Crippen LogP contribution is -2.23. The Labute approximate surface area is 163 Å². The first-order valence-corrected chi connectivity index (χ1v) is 9.06. The number of nitrogens with one attached hydrogen (secondary N) is 1. The van der Waals surface area contributed by atoms with Crippen LogP contribution in [-0.2, 0) is 6.61 Å². The number of halogens is 3. The van der Waals surface area contributed by atoms with Crippen molar-refractivity contribution in [2.75, 3.05) is 6.54 Å². The summed E-state index contributed by atoms with van der Waals surface area (Å²) in [6, 6.07) is 7.19. The molecule has 0 bridgehead atoms. The third-order valence-corrected chi connectivity index (χ3v) is 4.52. The van der Waals surface area contributed by atoms with E-state index in [1.807, 2.05) is 0 Å². The lowest BCUT2D eigenvalue weighted by atomic mass is 10.2. The number of hydrogen-bond donors (Lipinski definition) is 1. The molecule has 1 aromatic heterocycles. The van der Waals surface area contributed by atoms with Gasteiger partial charge in [-0.15, -0.1) is 17.9 Å². The largest absolute Gasteiger partial charge is 0.489 e. The monoisotopic (exact) mass is 404 g/mol. The van der Waals surface area contributed by atoms with Gasteiger partial charge in [0.05, 0.1) is 0 Å². The second kappa shape index (κ2) is 8.71. The molecule has 28 heavy (non-hydrogen) atoms. The average molecular weight is 404 g/mol. The van der Waals surface area contributed by atoms with Crippen molar-refractivity contribution in [1.29, 1.82) is 0 Å².